The molecule has 0 N–H and O–H groups in total. The third-order valence-corrected chi connectivity index (χ3v) is 0.368. The molecular weight excluding hydrogens is 139 g/mol. The van der Waals surface area contributed by atoms with Gasteiger partial charge in [0.05, 0.1) is 7.11 Å². The van der Waals surface area contributed by atoms with E-state index in [9.17, 15) is 4.79 Å². The topological polar surface area (TPSA) is 26.3 Å². The van der Waals surface area contributed by atoms with Gasteiger partial charge in [0.2, 0.25) is 0 Å². The van der Waals surface area contributed by atoms with Crippen LogP contribution >= 0.6 is 0 Å². The molecule has 0 aromatic carbocycles. The average Bonchev–Trinajstić information content (AvgIpc) is 1.65. The average molecular weight is 145 g/mol. The summed E-state index contributed by atoms with van der Waals surface area (Å²) in [6.07, 6.45) is 1.11. The maximum absolute atomic E-state index is 9.84. The van der Waals surface area contributed by atoms with Gasteiger partial charge in [-0.3, -0.25) is 0 Å². The molecule has 0 aliphatic carbocycles. The van der Waals surface area contributed by atoms with Gasteiger partial charge in [-0.05, 0) is 0 Å². The zero-order valence-electron chi connectivity index (χ0n) is 3.93. The molecule has 0 aromatic heterocycles. The number of rotatable bonds is 1. The van der Waals surface area contributed by atoms with Crippen LogP contribution in [0.25, 0.3) is 0 Å². The van der Waals surface area contributed by atoms with E-state index in [-0.39, 0.29) is 16.8 Å². The van der Waals surface area contributed by atoms with E-state index in [4.69, 9.17) is 0 Å². The molecule has 0 rings (SSSR count). The van der Waals surface area contributed by atoms with Gasteiger partial charge < -0.3 is 4.74 Å². The van der Waals surface area contributed by atoms with Crippen LogP contribution in [-0.4, -0.2) is 13.1 Å². The van der Waals surface area contributed by atoms with E-state index in [1.165, 1.54) is 7.11 Å². The summed E-state index contributed by atoms with van der Waals surface area (Å²) in [5.41, 5.74) is 0. The summed E-state index contributed by atoms with van der Waals surface area (Å²) in [5, 5.41) is 0. The van der Waals surface area contributed by atoms with E-state index in [0.29, 0.717) is 0 Å². The number of hydrogen-bond donors (Lipinski definition) is 0. The second-order valence-electron chi connectivity index (χ2n) is 0.727. The van der Waals surface area contributed by atoms with Crippen LogP contribution in [0.3, 0.4) is 0 Å². The van der Waals surface area contributed by atoms with Gasteiger partial charge in [-0.25, -0.2) is 4.79 Å². The van der Waals surface area contributed by atoms with Gasteiger partial charge in [0.1, 0.15) is 0 Å². The van der Waals surface area contributed by atoms with Crippen molar-refractivity contribution in [1.82, 2.24) is 0 Å². The predicted molar refractivity (Wildman–Crippen MR) is 22.2 cm³/mol. The monoisotopic (exact) mass is 145 g/mol. The van der Waals surface area contributed by atoms with Crippen molar-refractivity contribution in [3.05, 3.63) is 12.7 Å². The van der Waals surface area contributed by atoms with Crippen LogP contribution in [0.2, 0.25) is 0 Å². The second kappa shape index (κ2) is 5.72. The van der Waals surface area contributed by atoms with Crippen LogP contribution in [0.15, 0.2) is 12.7 Å². The van der Waals surface area contributed by atoms with Gasteiger partial charge >= 0.3 is 5.97 Å². The molecule has 0 fully saturated rings. The maximum atomic E-state index is 9.84. The van der Waals surface area contributed by atoms with Gasteiger partial charge in [-0.2, -0.15) is 0 Å². The Kier molecular flexibility index (Phi) is 8.06. The van der Waals surface area contributed by atoms with Crippen LogP contribution in [0.4, 0.5) is 0 Å². The Labute approximate surface area is 52.7 Å². The number of hydrogen-bond acceptors (Lipinski definition) is 2. The van der Waals surface area contributed by atoms with Crippen molar-refractivity contribution in [1.29, 1.82) is 0 Å². The molecule has 0 heterocycles. The minimum absolute atomic E-state index is 0. The van der Waals surface area contributed by atoms with Crippen molar-refractivity contribution in [2.24, 2.45) is 0 Å². The van der Waals surface area contributed by atoms with E-state index >= 15 is 0 Å². The van der Waals surface area contributed by atoms with E-state index in [2.05, 4.69) is 11.3 Å². The first kappa shape index (κ1) is 9.87. The van der Waals surface area contributed by atoms with Crippen molar-refractivity contribution >= 4 is 5.97 Å². The standard InChI is InChI=1S/C4H6O2.Co/c1-3-4(5)6-2;/h3H,1H2,2H3;. The fourth-order valence-corrected chi connectivity index (χ4v) is 0.0833. The summed E-state index contributed by atoms with van der Waals surface area (Å²) in [6.45, 7) is 3.16. The molecule has 0 saturated carbocycles. The number of methoxy groups -OCH3 is 1. The fraction of sp³-hybridized carbons (Fsp3) is 0.250. The summed E-state index contributed by atoms with van der Waals surface area (Å²) >= 11 is 0. The van der Waals surface area contributed by atoms with Gasteiger partial charge in [0.25, 0.3) is 0 Å². The summed E-state index contributed by atoms with van der Waals surface area (Å²) in [6, 6.07) is 0. The molecule has 0 saturated heterocycles. The Balaban J connectivity index is 0. The normalized spacial score (nSPS) is 5.86. The number of ether oxygens (including phenoxy) is 1. The molecule has 3 heteroatoms. The van der Waals surface area contributed by atoms with Crippen LogP contribution < -0.4 is 0 Å². The smallest absolute Gasteiger partial charge is 0.329 e. The van der Waals surface area contributed by atoms with Gasteiger partial charge in [-0.1, -0.05) is 6.58 Å². The van der Waals surface area contributed by atoms with Gasteiger partial charge in [0.15, 0.2) is 0 Å². The first-order valence-electron chi connectivity index (χ1n) is 1.51. The number of carbonyl (C=O) groups excluding carboxylic acids is 1. The van der Waals surface area contributed by atoms with Crippen molar-refractivity contribution < 1.29 is 26.3 Å². The first-order chi connectivity index (χ1) is 2.81. The Bertz CT molecular complexity index is 70.1. The third kappa shape index (κ3) is 5.72. The minimum atomic E-state index is -0.394. The molecular formula is C4H6CoO2. The van der Waals surface area contributed by atoms with Crippen molar-refractivity contribution in [3.63, 3.8) is 0 Å². The van der Waals surface area contributed by atoms with Crippen LogP contribution in [-0.2, 0) is 26.3 Å². The molecule has 0 amide bonds. The largest absolute Gasteiger partial charge is 0.466 e. The quantitative estimate of drug-likeness (QED) is 0.393. The SMILES string of the molecule is C=CC(=O)OC.[Co]. The second-order valence-corrected chi connectivity index (χ2v) is 0.727. The Hall–Kier alpha value is -0.284. The van der Waals surface area contributed by atoms with E-state index in [1.54, 1.807) is 0 Å². The van der Waals surface area contributed by atoms with Crippen LogP contribution in [0.5, 0.6) is 0 Å². The zero-order chi connectivity index (χ0) is 4.99. The molecule has 7 heavy (non-hydrogen) atoms. The summed E-state index contributed by atoms with van der Waals surface area (Å²) in [7, 11) is 1.31. The van der Waals surface area contributed by atoms with Crippen LogP contribution in [0.1, 0.15) is 0 Å². The molecule has 0 unspecified atom stereocenters. The first-order valence-corrected chi connectivity index (χ1v) is 1.51. The van der Waals surface area contributed by atoms with Gasteiger partial charge in [0, 0.05) is 22.9 Å². The summed E-state index contributed by atoms with van der Waals surface area (Å²) in [4.78, 5) is 9.84. The molecule has 1 radical (unpaired) electrons. The van der Waals surface area contributed by atoms with E-state index < -0.39 is 5.97 Å². The van der Waals surface area contributed by atoms with E-state index in [1.807, 2.05) is 0 Å². The molecule has 2 nitrogen and oxygen atoms in total. The molecule has 0 spiro atoms. The molecule has 0 bridgehead atoms. The molecule has 0 atom stereocenters. The Morgan fingerprint density at radius 3 is 2.29 bits per heavy atom. The maximum Gasteiger partial charge on any atom is 0.329 e. The number of esters is 1. The molecule has 43 valence electrons. The molecule has 0 aliphatic heterocycles. The predicted octanol–water partition coefficient (Wildman–Crippen LogP) is 0.343. The Morgan fingerprint density at radius 1 is 1.86 bits per heavy atom. The van der Waals surface area contributed by atoms with Crippen molar-refractivity contribution in [2.45, 2.75) is 0 Å². The van der Waals surface area contributed by atoms with Crippen LogP contribution in [0, 0.1) is 0 Å². The third-order valence-electron chi connectivity index (χ3n) is 0.368. The summed E-state index contributed by atoms with van der Waals surface area (Å²) in [5.74, 6) is -0.394. The summed E-state index contributed by atoms with van der Waals surface area (Å²) < 4.78 is 4.14. The minimum Gasteiger partial charge on any atom is -0.466 e. The number of carbonyl (C=O) groups is 1. The van der Waals surface area contributed by atoms with Crippen molar-refractivity contribution in [2.75, 3.05) is 7.11 Å². The van der Waals surface area contributed by atoms with Gasteiger partial charge in [-0.15, -0.1) is 0 Å². The Morgan fingerprint density at radius 2 is 2.29 bits per heavy atom. The van der Waals surface area contributed by atoms with Crippen molar-refractivity contribution in [3.8, 4) is 0 Å². The fourth-order valence-electron chi connectivity index (χ4n) is 0.0833. The van der Waals surface area contributed by atoms with E-state index in [0.717, 1.165) is 6.08 Å². The molecule has 0 aromatic rings. The zero-order valence-corrected chi connectivity index (χ0v) is 4.98. The molecule has 0 aliphatic rings.